The third-order valence-corrected chi connectivity index (χ3v) is 4.06. The molecule has 0 unspecified atom stereocenters. The highest BCUT2D eigenvalue weighted by molar-refractivity contribution is 5.77. The van der Waals surface area contributed by atoms with E-state index >= 15 is 0 Å². The lowest BCUT2D eigenvalue weighted by molar-refractivity contribution is 0.283. The van der Waals surface area contributed by atoms with Crippen molar-refractivity contribution in [2.24, 2.45) is 0 Å². The molecule has 0 aliphatic heterocycles. The summed E-state index contributed by atoms with van der Waals surface area (Å²) in [4.78, 5) is 9.59. The molecule has 3 rings (SSSR count). The molecule has 0 radical (unpaired) electrons. The Morgan fingerprint density at radius 2 is 2.04 bits per heavy atom. The van der Waals surface area contributed by atoms with Crippen molar-refractivity contribution in [3.05, 3.63) is 53.6 Å². The summed E-state index contributed by atoms with van der Waals surface area (Å²) >= 11 is 0. The molecule has 0 saturated heterocycles. The highest BCUT2D eigenvalue weighted by Crippen LogP contribution is 2.24. The van der Waals surface area contributed by atoms with Crippen LogP contribution in [0.3, 0.4) is 0 Å². The normalized spacial score (nSPS) is 11.4. The van der Waals surface area contributed by atoms with E-state index in [1.807, 2.05) is 36.1 Å². The zero-order valence-corrected chi connectivity index (χ0v) is 13.9. The van der Waals surface area contributed by atoms with Crippen LogP contribution in [0.4, 0.5) is 14.7 Å². The van der Waals surface area contributed by atoms with Crippen LogP contribution >= 0.6 is 0 Å². The van der Waals surface area contributed by atoms with Gasteiger partial charge in [-0.2, -0.15) is 0 Å². The second-order valence-electron chi connectivity index (χ2n) is 5.79. The predicted molar refractivity (Wildman–Crippen MR) is 93.6 cm³/mol. The smallest absolute Gasteiger partial charge is 0.201 e. The molecule has 0 amide bonds. The number of likely N-dealkylation sites (N-methyl/N-ethyl adjacent to an activating group) is 1. The van der Waals surface area contributed by atoms with Crippen LogP contribution in [0.15, 0.2) is 36.4 Å². The SMILES string of the molecule is CCN(CCNc1nc2ccccc2[nH]1)Cc1cc(F)cc(F)c1O. The van der Waals surface area contributed by atoms with Crippen molar-refractivity contribution in [2.45, 2.75) is 13.5 Å². The lowest BCUT2D eigenvalue weighted by atomic mass is 10.1. The van der Waals surface area contributed by atoms with E-state index in [0.717, 1.165) is 17.1 Å². The van der Waals surface area contributed by atoms with Gasteiger partial charge in [-0.05, 0) is 24.7 Å². The zero-order chi connectivity index (χ0) is 17.8. The number of aromatic nitrogens is 2. The summed E-state index contributed by atoms with van der Waals surface area (Å²) in [6.07, 6.45) is 0. The van der Waals surface area contributed by atoms with Gasteiger partial charge in [0.15, 0.2) is 11.6 Å². The van der Waals surface area contributed by atoms with E-state index in [-0.39, 0.29) is 12.1 Å². The number of hydrogen-bond acceptors (Lipinski definition) is 4. The molecule has 5 nitrogen and oxygen atoms in total. The van der Waals surface area contributed by atoms with E-state index in [0.29, 0.717) is 31.6 Å². The van der Waals surface area contributed by atoms with Gasteiger partial charge in [0, 0.05) is 31.3 Å². The van der Waals surface area contributed by atoms with Crippen molar-refractivity contribution in [2.75, 3.05) is 25.0 Å². The van der Waals surface area contributed by atoms with Crippen LogP contribution in [0.25, 0.3) is 11.0 Å². The zero-order valence-electron chi connectivity index (χ0n) is 13.9. The number of hydrogen-bond donors (Lipinski definition) is 3. The molecule has 0 bridgehead atoms. The summed E-state index contributed by atoms with van der Waals surface area (Å²) in [5.41, 5.74) is 2.08. The maximum absolute atomic E-state index is 13.4. The average Bonchev–Trinajstić information content (AvgIpc) is 3.00. The number of aromatic amines is 1. The number of H-pyrrole nitrogens is 1. The Kier molecular flexibility index (Phi) is 5.14. The topological polar surface area (TPSA) is 64.2 Å². The molecule has 1 heterocycles. The number of imidazole rings is 1. The predicted octanol–water partition coefficient (Wildman–Crippen LogP) is 3.48. The third kappa shape index (κ3) is 4.06. The van der Waals surface area contributed by atoms with Crippen LogP contribution in [-0.4, -0.2) is 39.6 Å². The third-order valence-electron chi connectivity index (χ3n) is 4.06. The van der Waals surface area contributed by atoms with Gasteiger partial charge in [0.1, 0.15) is 5.82 Å². The molecule has 25 heavy (non-hydrogen) atoms. The molecule has 7 heteroatoms. The van der Waals surface area contributed by atoms with Crippen molar-refractivity contribution in [3.8, 4) is 5.75 Å². The first-order valence-electron chi connectivity index (χ1n) is 8.14. The number of nitrogens with zero attached hydrogens (tertiary/aromatic N) is 2. The van der Waals surface area contributed by atoms with Gasteiger partial charge in [-0.1, -0.05) is 19.1 Å². The molecular formula is C18H20F2N4O. The molecule has 0 spiro atoms. The molecule has 1 aromatic heterocycles. The van der Waals surface area contributed by atoms with Crippen LogP contribution in [0.5, 0.6) is 5.75 Å². The number of anilines is 1. The average molecular weight is 346 g/mol. The lowest BCUT2D eigenvalue weighted by Crippen LogP contribution is -2.29. The summed E-state index contributed by atoms with van der Waals surface area (Å²) in [6.45, 7) is 4.13. The monoisotopic (exact) mass is 346 g/mol. The Balaban J connectivity index is 1.59. The van der Waals surface area contributed by atoms with Gasteiger partial charge in [-0.25, -0.2) is 13.8 Å². The maximum Gasteiger partial charge on any atom is 0.201 e. The number of nitrogens with one attached hydrogen (secondary N) is 2. The van der Waals surface area contributed by atoms with Crippen molar-refractivity contribution in [1.29, 1.82) is 0 Å². The Hall–Kier alpha value is -2.67. The van der Waals surface area contributed by atoms with E-state index in [4.69, 9.17) is 0 Å². The van der Waals surface area contributed by atoms with Crippen molar-refractivity contribution in [3.63, 3.8) is 0 Å². The minimum atomic E-state index is -0.938. The van der Waals surface area contributed by atoms with Gasteiger partial charge in [0.05, 0.1) is 11.0 Å². The van der Waals surface area contributed by atoms with Gasteiger partial charge in [-0.15, -0.1) is 0 Å². The molecule has 0 aliphatic carbocycles. The summed E-state index contributed by atoms with van der Waals surface area (Å²) in [6, 6.07) is 9.58. The quantitative estimate of drug-likeness (QED) is 0.613. The highest BCUT2D eigenvalue weighted by Gasteiger charge is 2.13. The fourth-order valence-corrected chi connectivity index (χ4v) is 2.70. The number of aromatic hydroxyl groups is 1. The maximum atomic E-state index is 13.4. The minimum Gasteiger partial charge on any atom is -0.505 e. The van der Waals surface area contributed by atoms with Crippen molar-refractivity contribution in [1.82, 2.24) is 14.9 Å². The molecule has 0 aliphatic rings. The molecule has 132 valence electrons. The van der Waals surface area contributed by atoms with E-state index in [1.165, 1.54) is 0 Å². The molecular weight excluding hydrogens is 326 g/mol. The first-order chi connectivity index (χ1) is 12.1. The number of para-hydroxylation sites is 2. The van der Waals surface area contributed by atoms with E-state index in [2.05, 4.69) is 15.3 Å². The van der Waals surface area contributed by atoms with Gasteiger partial charge in [-0.3, -0.25) is 4.90 Å². The summed E-state index contributed by atoms with van der Waals surface area (Å²) < 4.78 is 26.8. The number of benzene rings is 2. The van der Waals surface area contributed by atoms with Crippen LogP contribution in [-0.2, 0) is 6.54 Å². The standard InChI is InChI=1S/C18H20F2N4O/c1-2-24(11-12-9-13(19)10-14(20)17(12)25)8-7-21-18-22-15-5-3-4-6-16(15)23-18/h3-6,9-10,25H,2,7-8,11H2,1H3,(H2,21,22,23). The number of phenolic OH excluding ortho intramolecular Hbond substituents is 1. The summed E-state index contributed by atoms with van der Waals surface area (Å²) in [5, 5.41) is 13.0. The largest absolute Gasteiger partial charge is 0.505 e. The lowest BCUT2D eigenvalue weighted by Gasteiger charge is -2.21. The van der Waals surface area contributed by atoms with Crippen LogP contribution in [0, 0.1) is 11.6 Å². The van der Waals surface area contributed by atoms with Crippen LogP contribution in [0.2, 0.25) is 0 Å². The van der Waals surface area contributed by atoms with Gasteiger partial charge < -0.3 is 15.4 Å². The number of fused-ring (bicyclic) bond motifs is 1. The van der Waals surface area contributed by atoms with E-state index < -0.39 is 17.4 Å². The van der Waals surface area contributed by atoms with Crippen LogP contribution < -0.4 is 5.32 Å². The molecule has 3 N–H and O–H groups in total. The van der Waals surface area contributed by atoms with Crippen LogP contribution in [0.1, 0.15) is 12.5 Å². The molecule has 0 atom stereocenters. The molecule has 2 aromatic carbocycles. The molecule has 3 aromatic rings. The van der Waals surface area contributed by atoms with E-state index in [1.54, 1.807) is 0 Å². The second kappa shape index (κ2) is 7.48. The first kappa shape index (κ1) is 17.2. The van der Waals surface area contributed by atoms with Gasteiger partial charge in [0.2, 0.25) is 5.95 Å². The fourth-order valence-electron chi connectivity index (χ4n) is 2.70. The van der Waals surface area contributed by atoms with Gasteiger partial charge in [0.25, 0.3) is 0 Å². The van der Waals surface area contributed by atoms with Crippen molar-refractivity contribution >= 4 is 17.0 Å². The molecule has 0 saturated carbocycles. The highest BCUT2D eigenvalue weighted by atomic mass is 19.1. The Labute approximate surface area is 144 Å². The first-order valence-corrected chi connectivity index (χ1v) is 8.14. The van der Waals surface area contributed by atoms with Crippen molar-refractivity contribution < 1.29 is 13.9 Å². The Bertz CT molecular complexity index is 832. The summed E-state index contributed by atoms with van der Waals surface area (Å²) in [5.74, 6) is -1.45. The number of halogens is 2. The van der Waals surface area contributed by atoms with E-state index in [9.17, 15) is 13.9 Å². The summed E-state index contributed by atoms with van der Waals surface area (Å²) in [7, 11) is 0. The van der Waals surface area contributed by atoms with Gasteiger partial charge >= 0.3 is 0 Å². The minimum absolute atomic E-state index is 0.239. The number of phenols is 1. The second-order valence-corrected chi connectivity index (χ2v) is 5.79. The Morgan fingerprint density at radius 3 is 2.80 bits per heavy atom. The number of rotatable bonds is 7. The molecule has 0 fully saturated rings. The fraction of sp³-hybridized carbons (Fsp3) is 0.278. The Morgan fingerprint density at radius 1 is 1.24 bits per heavy atom.